The third-order valence-corrected chi connectivity index (χ3v) is 4.76. The van der Waals surface area contributed by atoms with Gasteiger partial charge in [-0.05, 0) is 59.4 Å². The van der Waals surface area contributed by atoms with Gasteiger partial charge in [-0.2, -0.15) is 0 Å². The standard InChI is InChI=1S/C18H21N5O2/c24-18(16-7-2-8-19-16)20-10-13-4-3-9-23(11-13)12-14-5-1-6-15-17(14)22-25-21-15/h1-2,5-8,13,19H,3-4,9-12H2,(H,20,24)/t13-/m0/s1. The molecule has 1 saturated heterocycles. The van der Waals surface area contributed by atoms with Crippen molar-refractivity contribution in [2.45, 2.75) is 19.4 Å². The molecule has 1 aliphatic heterocycles. The van der Waals surface area contributed by atoms with Gasteiger partial charge in [0.25, 0.3) is 5.91 Å². The predicted octanol–water partition coefficient (Wildman–Crippen LogP) is 2.19. The van der Waals surface area contributed by atoms with E-state index in [9.17, 15) is 4.79 Å². The molecule has 0 saturated carbocycles. The Morgan fingerprint density at radius 3 is 3.16 bits per heavy atom. The van der Waals surface area contributed by atoms with Gasteiger partial charge in [0.2, 0.25) is 0 Å². The summed E-state index contributed by atoms with van der Waals surface area (Å²) < 4.78 is 4.85. The molecular formula is C18H21N5O2. The van der Waals surface area contributed by atoms with Gasteiger partial charge in [-0.25, -0.2) is 4.63 Å². The van der Waals surface area contributed by atoms with E-state index in [2.05, 4.69) is 31.6 Å². The Kier molecular flexibility index (Phi) is 4.47. The molecule has 1 aliphatic rings. The van der Waals surface area contributed by atoms with Crippen molar-refractivity contribution >= 4 is 16.9 Å². The number of H-pyrrole nitrogens is 1. The second-order valence-electron chi connectivity index (χ2n) is 6.59. The lowest BCUT2D eigenvalue weighted by Crippen LogP contribution is -2.40. The molecule has 4 rings (SSSR count). The van der Waals surface area contributed by atoms with Crippen molar-refractivity contribution < 1.29 is 9.42 Å². The largest absolute Gasteiger partial charge is 0.357 e. The van der Waals surface area contributed by atoms with E-state index < -0.39 is 0 Å². The summed E-state index contributed by atoms with van der Waals surface area (Å²) in [7, 11) is 0. The van der Waals surface area contributed by atoms with Crippen LogP contribution in [0.5, 0.6) is 0 Å². The number of nitrogens with one attached hydrogen (secondary N) is 2. The summed E-state index contributed by atoms with van der Waals surface area (Å²) in [6, 6.07) is 9.58. The predicted molar refractivity (Wildman–Crippen MR) is 92.9 cm³/mol. The van der Waals surface area contributed by atoms with Gasteiger partial charge in [-0.15, -0.1) is 0 Å². The van der Waals surface area contributed by atoms with Gasteiger partial charge in [0.05, 0.1) is 0 Å². The van der Waals surface area contributed by atoms with E-state index in [1.807, 2.05) is 18.2 Å². The zero-order valence-corrected chi connectivity index (χ0v) is 13.9. The minimum Gasteiger partial charge on any atom is -0.357 e. The SMILES string of the molecule is O=C(NC[C@@H]1CCCN(Cc2cccc3nonc23)C1)c1ccc[nH]1. The molecule has 1 aromatic carbocycles. The molecule has 1 fully saturated rings. The minimum atomic E-state index is -0.0411. The Morgan fingerprint density at radius 1 is 1.32 bits per heavy atom. The van der Waals surface area contributed by atoms with E-state index in [4.69, 9.17) is 4.63 Å². The zero-order chi connectivity index (χ0) is 17.1. The van der Waals surface area contributed by atoms with Crippen LogP contribution in [0.25, 0.3) is 11.0 Å². The number of aromatic amines is 1. The first-order chi connectivity index (χ1) is 12.3. The zero-order valence-electron chi connectivity index (χ0n) is 13.9. The van der Waals surface area contributed by atoms with Gasteiger partial charge in [0, 0.05) is 25.8 Å². The van der Waals surface area contributed by atoms with Crippen molar-refractivity contribution in [2.24, 2.45) is 5.92 Å². The maximum atomic E-state index is 12.1. The number of carbonyl (C=O) groups is 1. The van der Waals surface area contributed by atoms with Crippen LogP contribution in [0.2, 0.25) is 0 Å². The number of benzene rings is 1. The Labute approximate surface area is 145 Å². The van der Waals surface area contributed by atoms with Crippen LogP contribution in [0.15, 0.2) is 41.2 Å². The highest BCUT2D eigenvalue weighted by molar-refractivity contribution is 5.92. The molecule has 0 unspecified atom stereocenters. The fourth-order valence-corrected chi connectivity index (χ4v) is 3.50. The van der Waals surface area contributed by atoms with Crippen LogP contribution in [0, 0.1) is 5.92 Å². The molecule has 0 bridgehead atoms. The summed E-state index contributed by atoms with van der Waals surface area (Å²) in [5.74, 6) is 0.419. The van der Waals surface area contributed by atoms with E-state index >= 15 is 0 Å². The number of amides is 1. The maximum absolute atomic E-state index is 12.1. The fraction of sp³-hybridized carbons (Fsp3) is 0.389. The van der Waals surface area contributed by atoms with E-state index in [0.29, 0.717) is 18.2 Å². The smallest absolute Gasteiger partial charge is 0.267 e. The summed E-state index contributed by atoms with van der Waals surface area (Å²) in [6.45, 7) is 3.55. The second kappa shape index (κ2) is 7.06. The van der Waals surface area contributed by atoms with E-state index in [1.165, 1.54) is 0 Å². The van der Waals surface area contributed by atoms with Crippen LogP contribution in [0.3, 0.4) is 0 Å². The van der Waals surface area contributed by atoms with E-state index in [0.717, 1.165) is 49.1 Å². The first kappa shape index (κ1) is 15.8. The highest BCUT2D eigenvalue weighted by Gasteiger charge is 2.22. The van der Waals surface area contributed by atoms with Gasteiger partial charge in [-0.3, -0.25) is 9.69 Å². The molecule has 1 atom stereocenters. The number of likely N-dealkylation sites (tertiary alicyclic amines) is 1. The summed E-state index contributed by atoms with van der Waals surface area (Å²) in [4.78, 5) is 17.4. The van der Waals surface area contributed by atoms with Gasteiger partial charge in [0.15, 0.2) is 0 Å². The molecule has 2 aromatic heterocycles. The molecule has 25 heavy (non-hydrogen) atoms. The van der Waals surface area contributed by atoms with Crippen molar-refractivity contribution in [1.82, 2.24) is 25.5 Å². The lowest BCUT2D eigenvalue weighted by molar-refractivity contribution is 0.0926. The van der Waals surface area contributed by atoms with Crippen LogP contribution >= 0.6 is 0 Å². The number of nitrogens with zero attached hydrogens (tertiary/aromatic N) is 3. The summed E-state index contributed by atoms with van der Waals surface area (Å²) in [5, 5.41) is 11.0. The fourth-order valence-electron chi connectivity index (χ4n) is 3.50. The molecule has 0 radical (unpaired) electrons. The third kappa shape index (κ3) is 3.56. The molecule has 3 aromatic rings. The monoisotopic (exact) mass is 339 g/mol. The van der Waals surface area contributed by atoms with E-state index in [-0.39, 0.29) is 5.91 Å². The van der Waals surface area contributed by atoms with Crippen LogP contribution in [0.1, 0.15) is 28.9 Å². The number of aromatic nitrogens is 3. The van der Waals surface area contributed by atoms with Crippen LogP contribution in [-0.4, -0.2) is 45.7 Å². The Bertz CT molecular complexity index is 842. The van der Waals surface area contributed by atoms with Gasteiger partial charge in [0.1, 0.15) is 16.7 Å². The van der Waals surface area contributed by atoms with Crippen molar-refractivity contribution in [3.63, 3.8) is 0 Å². The molecule has 0 aliphatic carbocycles. The number of hydrogen-bond donors (Lipinski definition) is 2. The molecule has 7 nitrogen and oxygen atoms in total. The lowest BCUT2D eigenvalue weighted by Gasteiger charge is -2.32. The first-order valence-corrected chi connectivity index (χ1v) is 8.64. The molecule has 1 amide bonds. The molecule has 3 heterocycles. The minimum absolute atomic E-state index is 0.0411. The molecule has 0 spiro atoms. The average molecular weight is 339 g/mol. The topological polar surface area (TPSA) is 87.1 Å². The summed E-state index contributed by atoms with van der Waals surface area (Å²) in [6.07, 6.45) is 4.03. The Balaban J connectivity index is 1.35. The van der Waals surface area contributed by atoms with Crippen LogP contribution in [-0.2, 0) is 6.54 Å². The Hall–Kier alpha value is -2.67. The lowest BCUT2D eigenvalue weighted by atomic mass is 9.97. The van der Waals surface area contributed by atoms with Crippen molar-refractivity contribution in [3.05, 3.63) is 47.8 Å². The third-order valence-electron chi connectivity index (χ3n) is 4.76. The van der Waals surface area contributed by atoms with E-state index in [1.54, 1.807) is 12.3 Å². The van der Waals surface area contributed by atoms with Crippen LogP contribution < -0.4 is 5.32 Å². The normalized spacial score (nSPS) is 18.5. The Morgan fingerprint density at radius 2 is 2.28 bits per heavy atom. The highest BCUT2D eigenvalue weighted by atomic mass is 16.6. The summed E-state index contributed by atoms with van der Waals surface area (Å²) in [5.41, 5.74) is 3.38. The molecule has 2 N–H and O–H groups in total. The van der Waals surface area contributed by atoms with Crippen molar-refractivity contribution in [2.75, 3.05) is 19.6 Å². The second-order valence-corrected chi connectivity index (χ2v) is 6.59. The number of hydrogen-bond acceptors (Lipinski definition) is 5. The number of carbonyl (C=O) groups excluding carboxylic acids is 1. The van der Waals surface area contributed by atoms with Crippen LogP contribution in [0.4, 0.5) is 0 Å². The maximum Gasteiger partial charge on any atom is 0.267 e. The van der Waals surface area contributed by atoms with Gasteiger partial charge >= 0.3 is 0 Å². The van der Waals surface area contributed by atoms with Gasteiger partial charge < -0.3 is 10.3 Å². The molecule has 7 heteroatoms. The number of fused-ring (bicyclic) bond motifs is 1. The van der Waals surface area contributed by atoms with Gasteiger partial charge in [-0.1, -0.05) is 12.1 Å². The summed E-state index contributed by atoms with van der Waals surface area (Å²) >= 11 is 0. The average Bonchev–Trinajstić information content (AvgIpc) is 3.32. The quantitative estimate of drug-likeness (QED) is 0.744. The number of rotatable bonds is 5. The van der Waals surface area contributed by atoms with Crippen molar-refractivity contribution in [1.29, 1.82) is 0 Å². The highest BCUT2D eigenvalue weighted by Crippen LogP contribution is 2.21. The van der Waals surface area contributed by atoms with Crippen molar-refractivity contribution in [3.8, 4) is 0 Å². The first-order valence-electron chi connectivity index (χ1n) is 8.64. The number of piperidine rings is 1. The molecule has 130 valence electrons. The molecular weight excluding hydrogens is 318 g/mol.